The molecule has 0 spiro atoms. The lowest BCUT2D eigenvalue weighted by atomic mass is 9.84. The first-order valence-corrected chi connectivity index (χ1v) is 11.2. The van der Waals surface area contributed by atoms with Gasteiger partial charge in [-0.15, -0.1) is 11.3 Å². The Morgan fingerprint density at radius 3 is 2.32 bits per heavy atom. The van der Waals surface area contributed by atoms with Gasteiger partial charge in [-0.1, -0.05) is 12.1 Å². The molecule has 1 aromatic carbocycles. The number of thiophene rings is 1. The fraction of sp³-hybridized carbons (Fsp3) is 0.522. The van der Waals surface area contributed by atoms with E-state index in [1.807, 2.05) is 44.1 Å². The van der Waals surface area contributed by atoms with Gasteiger partial charge in [0.25, 0.3) is 0 Å². The minimum atomic E-state index is -4.32. The van der Waals surface area contributed by atoms with Crippen molar-refractivity contribution in [2.75, 3.05) is 20.6 Å². The molecule has 2 aromatic rings. The first kappa shape index (κ1) is 23.6. The zero-order chi connectivity index (χ0) is 22.8. The van der Waals surface area contributed by atoms with Gasteiger partial charge in [0.05, 0.1) is 5.41 Å². The van der Waals surface area contributed by atoms with Gasteiger partial charge < -0.3 is 15.3 Å². The lowest BCUT2D eigenvalue weighted by Crippen LogP contribution is -2.42. The number of hydrogen-bond acceptors (Lipinski definition) is 4. The number of amides is 1. The summed E-state index contributed by atoms with van der Waals surface area (Å²) in [6.07, 6.45) is -3.69. The van der Waals surface area contributed by atoms with Crippen LogP contribution in [0.25, 0.3) is 0 Å². The molecule has 1 aromatic heterocycles. The number of alkyl halides is 3. The molecule has 4 nitrogen and oxygen atoms in total. The average molecular weight is 455 g/mol. The van der Waals surface area contributed by atoms with Gasteiger partial charge in [0.2, 0.25) is 5.91 Å². The molecule has 1 saturated carbocycles. The highest BCUT2D eigenvalue weighted by Crippen LogP contribution is 2.66. The molecule has 31 heavy (non-hydrogen) atoms. The van der Waals surface area contributed by atoms with Gasteiger partial charge in [0.1, 0.15) is 5.75 Å². The van der Waals surface area contributed by atoms with Crippen molar-refractivity contribution in [2.45, 2.75) is 50.7 Å². The Morgan fingerprint density at radius 1 is 1.19 bits per heavy atom. The van der Waals surface area contributed by atoms with Gasteiger partial charge in [0, 0.05) is 34.7 Å². The highest BCUT2D eigenvalue weighted by atomic mass is 32.1. The van der Waals surface area contributed by atoms with Crippen molar-refractivity contribution in [1.29, 1.82) is 0 Å². The summed E-state index contributed by atoms with van der Waals surface area (Å²) < 4.78 is 41.5. The minimum absolute atomic E-state index is 0.0200. The van der Waals surface area contributed by atoms with E-state index in [0.29, 0.717) is 17.8 Å². The van der Waals surface area contributed by atoms with Crippen LogP contribution in [0.5, 0.6) is 5.75 Å². The Kier molecular flexibility index (Phi) is 7.01. The predicted molar refractivity (Wildman–Crippen MR) is 116 cm³/mol. The molecule has 2 unspecified atom stereocenters. The number of likely N-dealkylation sites (N-methyl/N-ethyl adjacent to an activating group) is 1. The molecular formula is C23H29F3N2O2S. The second kappa shape index (κ2) is 9.20. The summed E-state index contributed by atoms with van der Waals surface area (Å²) in [6, 6.07) is 10.4. The molecule has 3 rings (SSSR count). The number of phenols is 1. The Bertz CT molecular complexity index is 889. The third-order valence-electron chi connectivity index (χ3n) is 6.19. The van der Waals surface area contributed by atoms with Crippen molar-refractivity contribution in [3.8, 4) is 5.75 Å². The standard InChI is InChI=1S/C23H29F3N2O2S/c1-15-4-9-20(31-15)19(22(10-11-22)23(24,25)26)13-21(30)27-14-17(28(2)3)12-16-5-7-18(29)8-6-16/h4-9,17,19,29H,10-14H2,1-3H3,(H,27,30). The SMILES string of the molecule is Cc1ccc(C(CC(=O)NCC(Cc2ccc(O)cc2)N(C)C)C2(C(F)(F)F)CC2)s1. The number of carbonyl (C=O) groups excluding carboxylic acids is 1. The van der Waals surface area contributed by atoms with Gasteiger partial charge in [-0.3, -0.25) is 4.79 Å². The van der Waals surface area contributed by atoms with Crippen LogP contribution in [0, 0.1) is 12.3 Å². The number of benzene rings is 1. The smallest absolute Gasteiger partial charge is 0.395 e. The normalized spacial score (nSPS) is 17.4. The summed E-state index contributed by atoms with van der Waals surface area (Å²) in [6.45, 7) is 2.20. The molecule has 1 amide bonds. The number of nitrogens with one attached hydrogen (secondary N) is 1. The Balaban J connectivity index is 1.67. The van der Waals surface area contributed by atoms with Crippen molar-refractivity contribution in [1.82, 2.24) is 10.2 Å². The molecular weight excluding hydrogens is 425 g/mol. The maximum absolute atomic E-state index is 13.8. The van der Waals surface area contributed by atoms with E-state index in [-0.39, 0.29) is 37.0 Å². The molecule has 170 valence electrons. The number of hydrogen-bond donors (Lipinski definition) is 2. The van der Waals surface area contributed by atoms with Crippen LogP contribution in [-0.2, 0) is 11.2 Å². The van der Waals surface area contributed by atoms with Crippen LogP contribution in [0.15, 0.2) is 36.4 Å². The molecule has 2 N–H and O–H groups in total. The van der Waals surface area contributed by atoms with E-state index in [4.69, 9.17) is 0 Å². The zero-order valence-electron chi connectivity index (χ0n) is 18.0. The monoisotopic (exact) mass is 454 g/mol. The zero-order valence-corrected chi connectivity index (χ0v) is 18.8. The average Bonchev–Trinajstić information content (AvgIpc) is 3.40. The summed E-state index contributed by atoms with van der Waals surface area (Å²) in [4.78, 5) is 16.3. The first-order chi connectivity index (χ1) is 14.5. The highest BCUT2D eigenvalue weighted by molar-refractivity contribution is 7.12. The molecule has 1 aliphatic carbocycles. The maximum Gasteiger partial charge on any atom is 0.395 e. The summed E-state index contributed by atoms with van der Waals surface area (Å²) in [5.41, 5.74) is -0.777. The lowest BCUT2D eigenvalue weighted by Gasteiger charge is -2.29. The quantitative estimate of drug-likeness (QED) is 0.569. The largest absolute Gasteiger partial charge is 0.508 e. The van der Waals surface area contributed by atoms with Crippen molar-refractivity contribution in [2.24, 2.45) is 5.41 Å². The van der Waals surface area contributed by atoms with E-state index >= 15 is 0 Å². The Hall–Kier alpha value is -2.06. The van der Waals surface area contributed by atoms with Crippen LogP contribution in [0.1, 0.15) is 40.5 Å². The molecule has 2 atom stereocenters. The van der Waals surface area contributed by atoms with Crippen molar-refractivity contribution in [3.05, 3.63) is 51.7 Å². The van der Waals surface area contributed by atoms with Crippen LogP contribution in [0.3, 0.4) is 0 Å². The summed E-state index contributed by atoms with van der Waals surface area (Å²) >= 11 is 1.34. The van der Waals surface area contributed by atoms with Crippen molar-refractivity contribution < 1.29 is 23.1 Å². The third-order valence-corrected chi connectivity index (χ3v) is 7.30. The van der Waals surface area contributed by atoms with Gasteiger partial charge in [-0.05, 0) is 70.1 Å². The second-order valence-electron chi connectivity index (χ2n) is 8.65. The molecule has 8 heteroatoms. The topological polar surface area (TPSA) is 52.6 Å². The molecule has 0 aliphatic heterocycles. The molecule has 1 aliphatic rings. The van der Waals surface area contributed by atoms with Gasteiger partial charge in [0.15, 0.2) is 0 Å². The second-order valence-corrected chi connectivity index (χ2v) is 9.97. The van der Waals surface area contributed by atoms with Crippen molar-refractivity contribution in [3.63, 3.8) is 0 Å². The number of aromatic hydroxyl groups is 1. The first-order valence-electron chi connectivity index (χ1n) is 10.4. The lowest BCUT2D eigenvalue weighted by molar-refractivity contribution is -0.194. The Labute approximate surface area is 185 Å². The van der Waals surface area contributed by atoms with E-state index < -0.39 is 17.5 Å². The van der Waals surface area contributed by atoms with E-state index in [1.54, 1.807) is 18.2 Å². The van der Waals surface area contributed by atoms with E-state index in [2.05, 4.69) is 5.32 Å². The molecule has 1 heterocycles. The third kappa shape index (κ3) is 5.60. The Morgan fingerprint density at radius 2 is 1.84 bits per heavy atom. The fourth-order valence-electron chi connectivity index (χ4n) is 4.00. The van der Waals surface area contributed by atoms with E-state index in [0.717, 1.165) is 10.4 Å². The van der Waals surface area contributed by atoms with Crippen LogP contribution < -0.4 is 5.32 Å². The minimum Gasteiger partial charge on any atom is -0.508 e. The maximum atomic E-state index is 13.8. The fourth-order valence-corrected chi connectivity index (χ4v) is 5.10. The van der Waals surface area contributed by atoms with Crippen LogP contribution in [0.2, 0.25) is 0 Å². The number of nitrogens with zero attached hydrogens (tertiary/aromatic N) is 1. The molecule has 0 saturated heterocycles. The summed E-state index contributed by atoms with van der Waals surface area (Å²) in [5, 5.41) is 12.3. The van der Waals surface area contributed by atoms with Crippen LogP contribution in [0.4, 0.5) is 13.2 Å². The van der Waals surface area contributed by atoms with Gasteiger partial charge >= 0.3 is 6.18 Å². The van der Waals surface area contributed by atoms with E-state index in [9.17, 15) is 23.1 Å². The molecule has 0 radical (unpaired) electrons. The van der Waals surface area contributed by atoms with Gasteiger partial charge in [-0.2, -0.15) is 13.2 Å². The number of carbonyl (C=O) groups is 1. The van der Waals surface area contributed by atoms with Crippen LogP contribution >= 0.6 is 11.3 Å². The van der Waals surface area contributed by atoms with E-state index in [1.165, 1.54) is 11.3 Å². The van der Waals surface area contributed by atoms with Gasteiger partial charge in [-0.25, -0.2) is 0 Å². The number of halogens is 3. The predicted octanol–water partition coefficient (Wildman–Crippen LogP) is 4.87. The summed E-state index contributed by atoms with van der Waals surface area (Å²) in [5.74, 6) is -1.02. The van der Waals surface area contributed by atoms with Crippen molar-refractivity contribution >= 4 is 17.2 Å². The molecule has 0 bridgehead atoms. The number of phenolic OH excluding ortho intramolecular Hbond substituents is 1. The number of aryl methyl sites for hydroxylation is 1. The summed E-state index contributed by atoms with van der Waals surface area (Å²) in [7, 11) is 3.80. The molecule has 1 fully saturated rings. The van der Waals surface area contributed by atoms with Crippen LogP contribution in [-0.4, -0.2) is 48.8 Å². The number of rotatable bonds is 9. The highest BCUT2D eigenvalue weighted by Gasteiger charge is 2.67.